The maximum Gasteiger partial charge on any atom is 0.126 e. The Kier molecular flexibility index (Phi) is 4.22. The lowest BCUT2D eigenvalue weighted by Gasteiger charge is -2.32. The summed E-state index contributed by atoms with van der Waals surface area (Å²) in [6, 6.07) is 15.4. The van der Waals surface area contributed by atoms with Gasteiger partial charge in [-0.3, -0.25) is 4.90 Å². The van der Waals surface area contributed by atoms with Gasteiger partial charge in [0.15, 0.2) is 0 Å². The number of H-pyrrole nitrogens is 1. The minimum Gasteiger partial charge on any atom is -0.367 e. The van der Waals surface area contributed by atoms with E-state index >= 15 is 0 Å². The monoisotopic (exact) mass is 320 g/mol. The molecule has 3 aromatic rings. The summed E-state index contributed by atoms with van der Waals surface area (Å²) in [4.78, 5) is 10.5. The fourth-order valence-electron chi connectivity index (χ4n) is 3.52. The fraction of sp³-hybridized carbons (Fsp3) is 0.350. The van der Waals surface area contributed by atoms with E-state index in [0.29, 0.717) is 6.04 Å². The van der Waals surface area contributed by atoms with Gasteiger partial charge in [0.25, 0.3) is 0 Å². The van der Waals surface area contributed by atoms with Crippen molar-refractivity contribution in [2.45, 2.75) is 32.4 Å². The molecule has 1 aliphatic heterocycles. The molecule has 1 saturated heterocycles. The van der Waals surface area contributed by atoms with E-state index in [9.17, 15) is 0 Å². The van der Waals surface area contributed by atoms with E-state index in [0.717, 1.165) is 38.3 Å². The largest absolute Gasteiger partial charge is 0.367 e. The minimum absolute atomic E-state index is 0.529. The minimum atomic E-state index is 0.529. The number of fused-ring (bicyclic) bond motifs is 1. The molecule has 0 atom stereocenters. The number of hydrogen-bond donors (Lipinski definition) is 2. The molecule has 0 spiro atoms. The second-order valence-corrected chi connectivity index (χ2v) is 6.80. The van der Waals surface area contributed by atoms with Gasteiger partial charge >= 0.3 is 0 Å². The summed E-state index contributed by atoms with van der Waals surface area (Å²) < 4.78 is 0. The summed E-state index contributed by atoms with van der Waals surface area (Å²) >= 11 is 0. The SMILES string of the molecule is Cc1ccc2cc(CN3CCC(Nc4ccccn4)CC3)[nH]c2c1. The van der Waals surface area contributed by atoms with Gasteiger partial charge in [-0.2, -0.15) is 0 Å². The number of anilines is 1. The highest BCUT2D eigenvalue weighted by atomic mass is 15.2. The van der Waals surface area contributed by atoms with Gasteiger partial charge < -0.3 is 10.3 Å². The molecule has 2 N–H and O–H groups in total. The zero-order chi connectivity index (χ0) is 16.4. The van der Waals surface area contributed by atoms with Crippen molar-refractivity contribution in [3.05, 3.63) is 59.9 Å². The Morgan fingerprint density at radius 1 is 1.17 bits per heavy atom. The average Bonchev–Trinajstić information content (AvgIpc) is 2.99. The van der Waals surface area contributed by atoms with Gasteiger partial charge in [-0.15, -0.1) is 0 Å². The second kappa shape index (κ2) is 6.65. The van der Waals surface area contributed by atoms with Crippen LogP contribution in [0.5, 0.6) is 0 Å². The molecule has 0 amide bonds. The van der Waals surface area contributed by atoms with E-state index < -0.39 is 0 Å². The van der Waals surface area contributed by atoms with Crippen molar-refractivity contribution >= 4 is 16.7 Å². The topological polar surface area (TPSA) is 44.0 Å². The van der Waals surface area contributed by atoms with Crippen LogP contribution in [0.4, 0.5) is 5.82 Å². The number of nitrogens with one attached hydrogen (secondary N) is 2. The molecule has 1 fully saturated rings. The molecule has 2 aromatic heterocycles. The molecule has 4 rings (SSSR count). The normalized spacial score (nSPS) is 16.5. The molecule has 24 heavy (non-hydrogen) atoms. The zero-order valence-electron chi connectivity index (χ0n) is 14.1. The molecule has 3 heterocycles. The first-order valence-electron chi connectivity index (χ1n) is 8.74. The summed E-state index contributed by atoms with van der Waals surface area (Å²) in [5, 5.41) is 4.86. The third kappa shape index (κ3) is 3.44. The number of hydrogen-bond acceptors (Lipinski definition) is 3. The van der Waals surface area contributed by atoms with Gasteiger partial charge in [-0.25, -0.2) is 4.98 Å². The molecule has 1 aromatic carbocycles. The number of pyridine rings is 1. The number of aryl methyl sites for hydroxylation is 1. The van der Waals surface area contributed by atoms with Crippen LogP contribution in [0.15, 0.2) is 48.7 Å². The smallest absolute Gasteiger partial charge is 0.126 e. The number of piperidine rings is 1. The third-order valence-electron chi connectivity index (χ3n) is 4.83. The van der Waals surface area contributed by atoms with Gasteiger partial charge in [0.1, 0.15) is 5.82 Å². The van der Waals surface area contributed by atoms with Crippen molar-refractivity contribution in [3.63, 3.8) is 0 Å². The van der Waals surface area contributed by atoms with Crippen LogP contribution in [0.1, 0.15) is 24.1 Å². The molecule has 4 heteroatoms. The first kappa shape index (κ1) is 15.2. The lowest BCUT2D eigenvalue weighted by Crippen LogP contribution is -2.38. The highest BCUT2D eigenvalue weighted by Gasteiger charge is 2.19. The molecule has 0 unspecified atom stereocenters. The summed E-state index contributed by atoms with van der Waals surface area (Å²) in [7, 11) is 0. The highest BCUT2D eigenvalue weighted by Crippen LogP contribution is 2.20. The van der Waals surface area contributed by atoms with Crippen LogP contribution < -0.4 is 5.32 Å². The number of rotatable bonds is 4. The van der Waals surface area contributed by atoms with Crippen molar-refractivity contribution in [2.24, 2.45) is 0 Å². The number of likely N-dealkylation sites (tertiary alicyclic amines) is 1. The Hall–Kier alpha value is -2.33. The van der Waals surface area contributed by atoms with Gasteiger partial charge in [-0.1, -0.05) is 18.2 Å². The first-order chi connectivity index (χ1) is 11.8. The van der Waals surface area contributed by atoms with E-state index in [4.69, 9.17) is 0 Å². The Labute approximate surface area is 142 Å². The Bertz CT molecular complexity index is 801. The zero-order valence-corrected chi connectivity index (χ0v) is 14.1. The van der Waals surface area contributed by atoms with Crippen molar-refractivity contribution < 1.29 is 0 Å². The Morgan fingerprint density at radius 2 is 2.04 bits per heavy atom. The van der Waals surface area contributed by atoms with Crippen molar-refractivity contribution in [2.75, 3.05) is 18.4 Å². The predicted octanol–water partition coefficient (Wildman–Crippen LogP) is 3.95. The summed E-state index contributed by atoms with van der Waals surface area (Å²) in [6.45, 7) is 5.39. The lowest BCUT2D eigenvalue weighted by molar-refractivity contribution is 0.209. The third-order valence-corrected chi connectivity index (χ3v) is 4.83. The standard InChI is InChI=1S/C20H24N4/c1-15-5-6-16-13-18(22-19(16)12-15)14-24-10-7-17(8-11-24)23-20-4-2-3-9-21-20/h2-6,9,12-13,17,22H,7-8,10-11,14H2,1H3,(H,21,23). The van der Waals surface area contributed by atoms with Crippen LogP contribution in [-0.4, -0.2) is 34.0 Å². The molecule has 0 bridgehead atoms. The van der Waals surface area contributed by atoms with Gasteiger partial charge in [0.2, 0.25) is 0 Å². The number of nitrogens with zero attached hydrogens (tertiary/aromatic N) is 2. The highest BCUT2D eigenvalue weighted by molar-refractivity contribution is 5.81. The maximum absolute atomic E-state index is 4.36. The van der Waals surface area contributed by atoms with Crippen LogP contribution in [0.2, 0.25) is 0 Å². The maximum atomic E-state index is 4.36. The van der Waals surface area contributed by atoms with E-state index in [1.54, 1.807) is 0 Å². The van der Waals surface area contributed by atoms with E-state index in [2.05, 4.69) is 51.4 Å². The molecular formula is C20H24N4. The summed E-state index contributed by atoms with van der Waals surface area (Å²) in [5.41, 5.74) is 3.86. The molecule has 0 aliphatic carbocycles. The number of aromatic amines is 1. The van der Waals surface area contributed by atoms with Crippen LogP contribution in [0, 0.1) is 6.92 Å². The Balaban J connectivity index is 1.34. The quantitative estimate of drug-likeness (QED) is 0.765. The van der Waals surface area contributed by atoms with Crippen molar-refractivity contribution in [3.8, 4) is 0 Å². The van der Waals surface area contributed by atoms with Crippen molar-refractivity contribution in [1.82, 2.24) is 14.9 Å². The van der Waals surface area contributed by atoms with Crippen LogP contribution in [0.25, 0.3) is 10.9 Å². The van der Waals surface area contributed by atoms with Gasteiger partial charge in [0.05, 0.1) is 0 Å². The number of aromatic nitrogens is 2. The average molecular weight is 320 g/mol. The molecule has 124 valence electrons. The molecule has 4 nitrogen and oxygen atoms in total. The van der Waals surface area contributed by atoms with E-state index in [1.165, 1.54) is 22.2 Å². The van der Waals surface area contributed by atoms with Crippen LogP contribution in [-0.2, 0) is 6.54 Å². The lowest BCUT2D eigenvalue weighted by atomic mass is 10.0. The first-order valence-corrected chi connectivity index (χ1v) is 8.74. The van der Waals surface area contributed by atoms with Crippen LogP contribution in [0.3, 0.4) is 0 Å². The summed E-state index contributed by atoms with van der Waals surface area (Å²) in [5.74, 6) is 0.988. The number of benzene rings is 1. The molecular weight excluding hydrogens is 296 g/mol. The molecule has 0 radical (unpaired) electrons. The second-order valence-electron chi connectivity index (χ2n) is 6.80. The van der Waals surface area contributed by atoms with Gasteiger partial charge in [0, 0.05) is 43.1 Å². The van der Waals surface area contributed by atoms with Gasteiger partial charge in [-0.05, 0) is 55.0 Å². The van der Waals surface area contributed by atoms with Crippen molar-refractivity contribution in [1.29, 1.82) is 0 Å². The predicted molar refractivity (Wildman–Crippen MR) is 99.2 cm³/mol. The molecule has 0 saturated carbocycles. The summed E-state index contributed by atoms with van der Waals surface area (Å²) in [6.07, 6.45) is 4.17. The van der Waals surface area contributed by atoms with E-state index in [-0.39, 0.29) is 0 Å². The van der Waals surface area contributed by atoms with E-state index in [1.807, 2.05) is 24.4 Å². The van der Waals surface area contributed by atoms with Crippen LogP contribution >= 0.6 is 0 Å². The fourth-order valence-corrected chi connectivity index (χ4v) is 3.52. The molecule has 1 aliphatic rings. The Morgan fingerprint density at radius 3 is 2.83 bits per heavy atom.